The molecule has 3 heteroatoms. The first-order valence-electron chi connectivity index (χ1n) is 18.1. The number of imidazole rings is 1. The zero-order valence-corrected chi connectivity index (χ0v) is 30.9. The highest BCUT2D eigenvalue weighted by Gasteiger charge is 2.16. The van der Waals surface area contributed by atoms with Crippen LogP contribution in [0.25, 0.3) is 57.1 Å². The van der Waals surface area contributed by atoms with Gasteiger partial charge in [0.25, 0.3) is 0 Å². The molecule has 0 spiro atoms. The molecule has 0 amide bonds. The summed E-state index contributed by atoms with van der Waals surface area (Å²) < 4.78 is 2.16. The predicted molar refractivity (Wildman–Crippen MR) is 223 cm³/mol. The van der Waals surface area contributed by atoms with Gasteiger partial charge in [-0.1, -0.05) is 134 Å². The van der Waals surface area contributed by atoms with Gasteiger partial charge in [0.15, 0.2) is 0 Å². The highest BCUT2D eigenvalue weighted by molar-refractivity contribution is 5.80. The van der Waals surface area contributed by atoms with Crippen molar-refractivity contribution in [2.24, 2.45) is 0 Å². The maximum Gasteiger partial charge on any atom is 0.145 e. The van der Waals surface area contributed by atoms with E-state index >= 15 is 0 Å². The van der Waals surface area contributed by atoms with Gasteiger partial charge in [-0.3, -0.25) is 9.38 Å². The summed E-state index contributed by atoms with van der Waals surface area (Å²) in [4.78, 5) is 9.71. The van der Waals surface area contributed by atoms with Crippen LogP contribution in [0, 0.1) is 13.8 Å². The molecule has 52 heavy (non-hydrogen) atoms. The molecule has 1 atom stereocenters. The summed E-state index contributed by atoms with van der Waals surface area (Å²) in [5, 5.41) is 2.44. The standard InChI is InChI=1S/C49H47N3/c1-7-9-10-12-21-35(3)46-36(4)22-15-16-23-37(5)47(40-24-13-11-14-25-40)42(8-2)43(46)34-38(6)39-28-30-41(31-29-39)49-51-48(44-26-17-19-32-50-44)45-27-18-20-33-52(45)49/h7-8,10-34,38H,1,9H2,2-6H3/b12-10-,22-15?,23-16?,35-21+,42-8+,43-34+,46-36?,47-37?. The molecular weight excluding hydrogens is 631 g/mol. The van der Waals surface area contributed by atoms with Crippen LogP contribution in [0.3, 0.4) is 0 Å². The third-order valence-corrected chi connectivity index (χ3v) is 9.52. The van der Waals surface area contributed by atoms with E-state index in [0.717, 1.165) is 34.7 Å². The first kappa shape index (κ1) is 35.8. The van der Waals surface area contributed by atoms with Gasteiger partial charge < -0.3 is 0 Å². The molecular formula is C49H47N3. The van der Waals surface area contributed by atoms with E-state index in [1.54, 1.807) is 0 Å². The van der Waals surface area contributed by atoms with Gasteiger partial charge in [-0.05, 0) is 114 Å². The fraction of sp³-hybridized carbons (Fsp3) is 0.143. The van der Waals surface area contributed by atoms with Crippen molar-refractivity contribution in [3.05, 3.63) is 191 Å². The number of allylic oxidation sites excluding steroid dienone is 5. The zero-order chi connectivity index (χ0) is 36.5. The molecule has 0 bridgehead atoms. The van der Waals surface area contributed by atoms with Crippen LogP contribution in [0.5, 0.6) is 0 Å². The maximum absolute atomic E-state index is 5.11. The van der Waals surface area contributed by atoms with Crippen LogP contribution in [-0.2, 0) is 0 Å². The Morgan fingerprint density at radius 3 is 2.21 bits per heavy atom. The normalized spacial score (nSPS) is 13.1. The molecule has 258 valence electrons. The molecule has 0 aliphatic carbocycles. The minimum atomic E-state index is 0.117. The maximum atomic E-state index is 5.11. The molecule has 1 unspecified atom stereocenters. The van der Waals surface area contributed by atoms with Crippen molar-refractivity contribution < 1.29 is 0 Å². The number of hydrogen-bond acceptors (Lipinski definition) is 2. The summed E-state index contributed by atoms with van der Waals surface area (Å²) in [6.07, 6.45) is 17.9. The van der Waals surface area contributed by atoms with E-state index in [4.69, 9.17) is 4.98 Å². The van der Waals surface area contributed by atoms with E-state index in [1.165, 1.54) is 49.4 Å². The van der Waals surface area contributed by atoms with Gasteiger partial charge in [-0.25, -0.2) is 4.98 Å². The number of nitrogens with zero attached hydrogens (tertiary/aromatic N) is 3. The minimum absolute atomic E-state index is 0.117. The molecule has 3 aromatic carbocycles. The van der Waals surface area contributed by atoms with Crippen LogP contribution >= 0.6 is 0 Å². The highest BCUT2D eigenvalue weighted by atomic mass is 15.0. The number of hydrogen-bond donors (Lipinski definition) is 0. The second kappa shape index (κ2) is 16.8. The number of aromatic nitrogens is 3. The average molecular weight is 678 g/mol. The Labute approximate surface area is 308 Å². The van der Waals surface area contributed by atoms with Gasteiger partial charge in [0.1, 0.15) is 11.5 Å². The van der Waals surface area contributed by atoms with Crippen molar-refractivity contribution in [3.8, 4) is 33.9 Å². The summed E-state index contributed by atoms with van der Waals surface area (Å²) in [6, 6.07) is 40.6. The highest BCUT2D eigenvalue weighted by Crippen LogP contribution is 2.30. The summed E-state index contributed by atoms with van der Waals surface area (Å²) in [6.45, 7) is 15.0. The van der Waals surface area contributed by atoms with Crippen LogP contribution in [-0.4, -0.2) is 14.4 Å². The van der Waals surface area contributed by atoms with E-state index in [0.29, 0.717) is 0 Å². The number of pyridine rings is 2. The summed E-state index contributed by atoms with van der Waals surface area (Å²) >= 11 is 0. The fourth-order valence-corrected chi connectivity index (χ4v) is 6.93. The monoisotopic (exact) mass is 677 g/mol. The second-order valence-electron chi connectivity index (χ2n) is 13.2. The van der Waals surface area contributed by atoms with Crippen molar-refractivity contribution in [1.82, 2.24) is 14.4 Å². The van der Waals surface area contributed by atoms with Crippen molar-refractivity contribution in [1.29, 1.82) is 0 Å². The Hall–Kier alpha value is -6.06. The molecule has 3 aromatic heterocycles. The molecule has 6 rings (SSSR count). The second-order valence-corrected chi connectivity index (χ2v) is 13.2. The topological polar surface area (TPSA) is 30.2 Å². The van der Waals surface area contributed by atoms with Crippen LogP contribution < -0.4 is 10.4 Å². The fourth-order valence-electron chi connectivity index (χ4n) is 6.93. The van der Waals surface area contributed by atoms with Gasteiger partial charge in [-0.15, -0.1) is 6.58 Å². The third-order valence-electron chi connectivity index (χ3n) is 9.52. The van der Waals surface area contributed by atoms with Crippen molar-refractivity contribution in [2.75, 3.05) is 0 Å². The third kappa shape index (κ3) is 7.80. The van der Waals surface area contributed by atoms with E-state index in [1.807, 2.05) is 36.5 Å². The van der Waals surface area contributed by atoms with Gasteiger partial charge in [-0.2, -0.15) is 0 Å². The van der Waals surface area contributed by atoms with Gasteiger partial charge in [0.2, 0.25) is 0 Å². The SMILES string of the molecule is C=CC/C=C\C=C(/C)c1c(C)ccccc(C)c(-c2ccccc2)c(=C/C)/c1=C\C(C)c1ccc(-c2nc(-c3ccccn3)c3ccccn23)cc1. The smallest absolute Gasteiger partial charge is 0.145 e. The van der Waals surface area contributed by atoms with Crippen LogP contribution in [0.15, 0.2) is 159 Å². The van der Waals surface area contributed by atoms with Crippen LogP contribution in [0.4, 0.5) is 0 Å². The zero-order valence-electron chi connectivity index (χ0n) is 30.9. The van der Waals surface area contributed by atoms with Crippen molar-refractivity contribution in [3.63, 3.8) is 0 Å². The quantitative estimate of drug-likeness (QED) is 0.113. The Kier molecular flexibility index (Phi) is 11.5. The van der Waals surface area contributed by atoms with Crippen molar-refractivity contribution in [2.45, 2.75) is 47.0 Å². The number of rotatable bonds is 9. The lowest BCUT2D eigenvalue weighted by Crippen LogP contribution is -2.30. The molecule has 6 aromatic rings. The molecule has 0 fully saturated rings. The largest absolute Gasteiger partial charge is 0.299 e. The average Bonchev–Trinajstić information content (AvgIpc) is 3.57. The first-order valence-corrected chi connectivity index (χ1v) is 18.1. The summed E-state index contributed by atoms with van der Waals surface area (Å²) in [7, 11) is 0. The summed E-state index contributed by atoms with van der Waals surface area (Å²) in [5.74, 6) is 1.02. The lowest BCUT2D eigenvalue weighted by Gasteiger charge is -2.14. The lowest BCUT2D eigenvalue weighted by atomic mass is 9.91. The Bertz CT molecular complexity index is 2430. The van der Waals surface area contributed by atoms with E-state index in [2.05, 4.69) is 178 Å². The Morgan fingerprint density at radius 2 is 1.50 bits per heavy atom. The summed E-state index contributed by atoms with van der Waals surface area (Å²) in [5.41, 5.74) is 12.4. The number of benzene rings is 2. The van der Waals surface area contributed by atoms with Gasteiger partial charge in [0, 0.05) is 18.0 Å². The predicted octanol–water partition coefficient (Wildman–Crippen LogP) is 11.4. The Balaban J connectivity index is 1.56. The van der Waals surface area contributed by atoms with E-state index in [9.17, 15) is 0 Å². The molecule has 3 nitrogen and oxygen atoms in total. The van der Waals surface area contributed by atoms with Gasteiger partial charge >= 0.3 is 0 Å². The number of aryl methyl sites for hydroxylation is 2. The number of fused-ring (bicyclic) bond motifs is 1. The molecule has 0 saturated heterocycles. The first-order chi connectivity index (χ1) is 25.4. The molecule has 0 aliphatic rings. The van der Waals surface area contributed by atoms with E-state index in [-0.39, 0.29) is 5.92 Å². The lowest BCUT2D eigenvalue weighted by molar-refractivity contribution is 1.01. The van der Waals surface area contributed by atoms with Crippen LogP contribution in [0.2, 0.25) is 0 Å². The Morgan fingerprint density at radius 1 is 0.788 bits per heavy atom. The minimum Gasteiger partial charge on any atom is -0.299 e. The molecule has 0 radical (unpaired) electrons. The van der Waals surface area contributed by atoms with Gasteiger partial charge in [0.05, 0.1) is 11.2 Å². The molecule has 3 heterocycles. The molecule has 0 aliphatic heterocycles. The molecule has 0 N–H and O–H groups in total. The molecule has 0 saturated carbocycles. The van der Waals surface area contributed by atoms with Crippen molar-refractivity contribution >= 4 is 23.2 Å². The van der Waals surface area contributed by atoms with E-state index < -0.39 is 0 Å². The van der Waals surface area contributed by atoms with Crippen LogP contribution in [0.1, 0.15) is 55.4 Å².